The van der Waals surface area contributed by atoms with Crippen LogP contribution in [-0.4, -0.2) is 19.9 Å². The molecule has 1 aromatic heterocycles. The SMILES string of the molecule is CCNS(=O)(=O)c1ccc(CNc2nccc(C)c2C#N)cc1. The molecule has 0 amide bonds. The van der Waals surface area contributed by atoms with E-state index in [1.807, 2.05) is 6.92 Å². The summed E-state index contributed by atoms with van der Waals surface area (Å²) in [5.41, 5.74) is 2.27. The van der Waals surface area contributed by atoms with Gasteiger partial charge >= 0.3 is 0 Å². The molecule has 0 aliphatic carbocycles. The molecule has 120 valence electrons. The van der Waals surface area contributed by atoms with E-state index >= 15 is 0 Å². The maximum absolute atomic E-state index is 11.9. The van der Waals surface area contributed by atoms with Crippen LogP contribution < -0.4 is 10.0 Å². The Kier molecular flexibility index (Phi) is 5.32. The molecule has 7 heteroatoms. The van der Waals surface area contributed by atoms with Crippen LogP contribution in [-0.2, 0) is 16.6 Å². The number of rotatable bonds is 6. The average Bonchev–Trinajstić information content (AvgIpc) is 2.53. The summed E-state index contributed by atoms with van der Waals surface area (Å²) in [4.78, 5) is 4.40. The Morgan fingerprint density at radius 1 is 1.22 bits per heavy atom. The Morgan fingerprint density at radius 2 is 1.91 bits per heavy atom. The quantitative estimate of drug-likeness (QED) is 0.846. The molecule has 0 atom stereocenters. The van der Waals surface area contributed by atoms with Gasteiger partial charge in [-0.05, 0) is 36.2 Å². The molecule has 0 fully saturated rings. The Balaban J connectivity index is 2.11. The largest absolute Gasteiger partial charge is 0.365 e. The van der Waals surface area contributed by atoms with Crippen LogP contribution in [0.5, 0.6) is 0 Å². The van der Waals surface area contributed by atoms with Crippen LogP contribution in [0, 0.1) is 18.3 Å². The van der Waals surface area contributed by atoms with Crippen molar-refractivity contribution in [1.82, 2.24) is 9.71 Å². The monoisotopic (exact) mass is 330 g/mol. The number of hydrogen-bond acceptors (Lipinski definition) is 5. The van der Waals surface area contributed by atoms with E-state index in [9.17, 15) is 8.42 Å². The lowest BCUT2D eigenvalue weighted by molar-refractivity contribution is 0.584. The van der Waals surface area contributed by atoms with Crippen molar-refractivity contribution in [3.8, 4) is 6.07 Å². The Bertz CT molecular complexity index is 824. The van der Waals surface area contributed by atoms with Gasteiger partial charge in [0.2, 0.25) is 10.0 Å². The van der Waals surface area contributed by atoms with Crippen LogP contribution in [0.3, 0.4) is 0 Å². The highest BCUT2D eigenvalue weighted by Gasteiger charge is 2.12. The molecule has 0 bridgehead atoms. The van der Waals surface area contributed by atoms with Gasteiger partial charge in [-0.3, -0.25) is 0 Å². The van der Waals surface area contributed by atoms with Gasteiger partial charge in [0.25, 0.3) is 0 Å². The zero-order chi connectivity index (χ0) is 16.9. The highest BCUT2D eigenvalue weighted by molar-refractivity contribution is 7.89. The molecule has 0 saturated heterocycles. The normalized spacial score (nSPS) is 11.0. The lowest BCUT2D eigenvalue weighted by Crippen LogP contribution is -2.23. The van der Waals surface area contributed by atoms with E-state index in [1.165, 1.54) is 0 Å². The molecular formula is C16H18N4O2S. The van der Waals surface area contributed by atoms with Crippen molar-refractivity contribution in [2.75, 3.05) is 11.9 Å². The molecule has 0 saturated carbocycles. The molecule has 0 aliphatic rings. The fourth-order valence-electron chi connectivity index (χ4n) is 2.08. The zero-order valence-electron chi connectivity index (χ0n) is 13.0. The molecule has 0 radical (unpaired) electrons. The molecule has 0 spiro atoms. The van der Waals surface area contributed by atoms with E-state index in [2.05, 4.69) is 21.1 Å². The van der Waals surface area contributed by atoms with Crippen molar-refractivity contribution in [1.29, 1.82) is 5.26 Å². The van der Waals surface area contributed by atoms with Crippen LogP contribution >= 0.6 is 0 Å². The molecule has 6 nitrogen and oxygen atoms in total. The number of hydrogen-bond donors (Lipinski definition) is 2. The number of nitrogens with one attached hydrogen (secondary N) is 2. The summed E-state index contributed by atoms with van der Waals surface area (Å²) in [5, 5.41) is 12.3. The van der Waals surface area contributed by atoms with Crippen molar-refractivity contribution in [3.05, 3.63) is 53.2 Å². The summed E-state index contributed by atoms with van der Waals surface area (Å²) in [6.07, 6.45) is 1.64. The minimum Gasteiger partial charge on any atom is -0.365 e. The summed E-state index contributed by atoms with van der Waals surface area (Å²) >= 11 is 0. The number of aromatic nitrogens is 1. The molecule has 0 aliphatic heterocycles. The van der Waals surface area contributed by atoms with E-state index in [-0.39, 0.29) is 4.90 Å². The Hall–Kier alpha value is -2.43. The highest BCUT2D eigenvalue weighted by Crippen LogP contribution is 2.17. The highest BCUT2D eigenvalue weighted by atomic mass is 32.2. The fourth-order valence-corrected chi connectivity index (χ4v) is 3.12. The van der Waals surface area contributed by atoms with Crippen molar-refractivity contribution in [3.63, 3.8) is 0 Å². The van der Waals surface area contributed by atoms with Gasteiger partial charge in [-0.1, -0.05) is 19.1 Å². The number of nitriles is 1. The predicted molar refractivity (Wildman–Crippen MR) is 88.3 cm³/mol. The van der Waals surface area contributed by atoms with Gasteiger partial charge in [-0.15, -0.1) is 0 Å². The zero-order valence-corrected chi connectivity index (χ0v) is 13.8. The molecule has 2 aromatic rings. The van der Waals surface area contributed by atoms with Gasteiger partial charge < -0.3 is 5.32 Å². The molecule has 0 unspecified atom stereocenters. The van der Waals surface area contributed by atoms with Crippen molar-refractivity contribution >= 4 is 15.8 Å². The third-order valence-corrected chi connectivity index (χ3v) is 4.86. The first-order chi connectivity index (χ1) is 11.0. The Morgan fingerprint density at radius 3 is 2.52 bits per heavy atom. The summed E-state index contributed by atoms with van der Waals surface area (Å²) < 4.78 is 26.2. The third-order valence-electron chi connectivity index (χ3n) is 3.30. The summed E-state index contributed by atoms with van der Waals surface area (Å²) in [5.74, 6) is 0.525. The van der Waals surface area contributed by atoms with Crippen LogP contribution in [0.15, 0.2) is 41.4 Å². The summed E-state index contributed by atoms with van der Waals surface area (Å²) in [6, 6.07) is 10.5. The first kappa shape index (κ1) is 16.9. The average molecular weight is 330 g/mol. The molecule has 23 heavy (non-hydrogen) atoms. The second kappa shape index (κ2) is 7.22. The lowest BCUT2D eigenvalue weighted by atomic mass is 10.1. The van der Waals surface area contributed by atoms with E-state index in [4.69, 9.17) is 5.26 Å². The van der Waals surface area contributed by atoms with Crippen LogP contribution in [0.1, 0.15) is 23.6 Å². The fraction of sp³-hybridized carbons (Fsp3) is 0.250. The van der Waals surface area contributed by atoms with Crippen molar-refractivity contribution in [2.45, 2.75) is 25.3 Å². The minimum absolute atomic E-state index is 0.231. The number of sulfonamides is 1. The van der Waals surface area contributed by atoms with Gasteiger partial charge in [0, 0.05) is 19.3 Å². The predicted octanol–water partition coefficient (Wildman–Crippen LogP) is 2.17. The first-order valence-corrected chi connectivity index (χ1v) is 8.64. The van der Waals surface area contributed by atoms with Gasteiger partial charge in [-0.25, -0.2) is 18.1 Å². The van der Waals surface area contributed by atoms with Crippen molar-refractivity contribution in [2.24, 2.45) is 0 Å². The van der Waals surface area contributed by atoms with E-state index in [0.29, 0.717) is 24.5 Å². The minimum atomic E-state index is -3.44. The van der Waals surface area contributed by atoms with E-state index in [1.54, 1.807) is 43.5 Å². The molecule has 1 heterocycles. The van der Waals surface area contributed by atoms with Crippen LogP contribution in [0.4, 0.5) is 5.82 Å². The molecular weight excluding hydrogens is 312 g/mol. The Labute approximate surface area is 136 Å². The van der Waals surface area contributed by atoms with Crippen LogP contribution in [0.25, 0.3) is 0 Å². The summed E-state index contributed by atoms with van der Waals surface area (Å²) in [7, 11) is -3.44. The van der Waals surface area contributed by atoms with E-state index in [0.717, 1.165) is 11.1 Å². The smallest absolute Gasteiger partial charge is 0.240 e. The maximum Gasteiger partial charge on any atom is 0.240 e. The van der Waals surface area contributed by atoms with Gasteiger partial charge in [-0.2, -0.15) is 5.26 Å². The number of benzene rings is 1. The third kappa shape index (κ3) is 4.06. The van der Waals surface area contributed by atoms with E-state index < -0.39 is 10.0 Å². The van der Waals surface area contributed by atoms with Gasteiger partial charge in [0.05, 0.1) is 10.5 Å². The van der Waals surface area contributed by atoms with Crippen molar-refractivity contribution < 1.29 is 8.42 Å². The summed E-state index contributed by atoms with van der Waals surface area (Å²) in [6.45, 7) is 4.39. The molecule has 1 aromatic carbocycles. The molecule has 2 N–H and O–H groups in total. The van der Waals surface area contributed by atoms with Gasteiger partial charge in [0.15, 0.2) is 0 Å². The lowest BCUT2D eigenvalue weighted by Gasteiger charge is -2.09. The number of nitrogens with zero attached hydrogens (tertiary/aromatic N) is 2. The number of aryl methyl sites for hydroxylation is 1. The number of anilines is 1. The topological polar surface area (TPSA) is 94.9 Å². The second-order valence-corrected chi connectivity index (χ2v) is 6.73. The second-order valence-electron chi connectivity index (χ2n) is 4.96. The number of pyridine rings is 1. The van der Waals surface area contributed by atoms with Gasteiger partial charge in [0.1, 0.15) is 11.9 Å². The molecule has 2 rings (SSSR count). The standard InChI is InChI=1S/C16H18N4O2S/c1-3-20-23(21,22)14-6-4-13(5-7-14)11-19-16-15(10-17)12(2)8-9-18-16/h4-9,20H,3,11H2,1-2H3,(H,18,19). The first-order valence-electron chi connectivity index (χ1n) is 7.16. The maximum atomic E-state index is 11.9. The van der Waals surface area contributed by atoms with Crippen LogP contribution in [0.2, 0.25) is 0 Å².